The molecule has 2 aromatic heterocycles. The molecule has 4 heterocycles. The lowest BCUT2D eigenvalue weighted by Crippen LogP contribution is -2.52. The number of nitrogens with one attached hydrogen (secondary N) is 1. The second-order valence-corrected chi connectivity index (χ2v) is 7.76. The fraction of sp³-hybridized carbons (Fsp3) is 0.545. The minimum Gasteiger partial charge on any atom is -0.357 e. The van der Waals surface area contributed by atoms with Crippen LogP contribution in [0.15, 0.2) is 41.8 Å². The molecule has 0 aromatic carbocycles. The molecule has 2 aliphatic heterocycles. The van der Waals surface area contributed by atoms with Gasteiger partial charge in [-0.1, -0.05) is 0 Å². The van der Waals surface area contributed by atoms with Gasteiger partial charge in [-0.3, -0.25) is 0 Å². The van der Waals surface area contributed by atoms with Gasteiger partial charge >= 0.3 is 0 Å². The van der Waals surface area contributed by atoms with Crippen LogP contribution in [0.25, 0.3) is 0 Å². The zero-order valence-corrected chi connectivity index (χ0v) is 17.9. The van der Waals surface area contributed by atoms with E-state index in [4.69, 9.17) is 4.99 Å². The summed E-state index contributed by atoms with van der Waals surface area (Å²) in [7, 11) is 0. The summed E-state index contributed by atoms with van der Waals surface area (Å²) in [5, 5.41) is 3.46. The van der Waals surface area contributed by atoms with Gasteiger partial charge in [0.2, 0.25) is 5.95 Å². The van der Waals surface area contributed by atoms with Crippen LogP contribution >= 0.6 is 0 Å². The van der Waals surface area contributed by atoms with Crippen molar-refractivity contribution in [3.63, 3.8) is 0 Å². The van der Waals surface area contributed by atoms with E-state index in [1.54, 1.807) is 12.4 Å². The number of guanidine groups is 1. The van der Waals surface area contributed by atoms with Gasteiger partial charge in [0.1, 0.15) is 5.82 Å². The van der Waals surface area contributed by atoms with Gasteiger partial charge in [0.15, 0.2) is 5.96 Å². The Morgan fingerprint density at radius 3 is 2.43 bits per heavy atom. The molecule has 4 rings (SSSR count). The first-order valence-electron chi connectivity index (χ1n) is 11.1. The standard InChI is InChI=1S/C22H32N8/c1-2-23-21(29-13-15-30(16-14-29)22-25-8-6-9-26-22)27-18-19-7-10-24-20(17-19)28-11-4-3-5-12-28/h6-10,17H,2-5,11-16,18H2,1H3,(H,23,27). The molecule has 2 saturated heterocycles. The van der Waals surface area contributed by atoms with Crippen LogP contribution in [0, 0.1) is 0 Å². The van der Waals surface area contributed by atoms with E-state index in [9.17, 15) is 0 Å². The maximum absolute atomic E-state index is 4.93. The maximum atomic E-state index is 4.93. The number of piperidine rings is 1. The van der Waals surface area contributed by atoms with Gasteiger partial charge in [-0.15, -0.1) is 0 Å². The van der Waals surface area contributed by atoms with Gasteiger partial charge < -0.3 is 20.0 Å². The Kier molecular flexibility index (Phi) is 6.95. The van der Waals surface area contributed by atoms with Crippen molar-refractivity contribution < 1.29 is 0 Å². The SMILES string of the molecule is CCNC(=NCc1ccnc(N2CCCCC2)c1)N1CCN(c2ncccn2)CC1. The van der Waals surface area contributed by atoms with E-state index in [1.807, 2.05) is 12.3 Å². The van der Waals surface area contributed by atoms with Gasteiger partial charge in [-0.05, 0) is 49.9 Å². The number of aliphatic imine (C=N–C) groups is 1. The van der Waals surface area contributed by atoms with E-state index in [1.165, 1.54) is 24.8 Å². The molecule has 30 heavy (non-hydrogen) atoms. The number of anilines is 2. The molecule has 0 aliphatic carbocycles. The van der Waals surface area contributed by atoms with Crippen LogP contribution in [-0.4, -0.2) is 71.6 Å². The molecule has 0 atom stereocenters. The molecule has 0 saturated carbocycles. The number of piperazine rings is 1. The molecule has 0 spiro atoms. The summed E-state index contributed by atoms with van der Waals surface area (Å²) in [5.41, 5.74) is 1.21. The smallest absolute Gasteiger partial charge is 0.225 e. The van der Waals surface area contributed by atoms with E-state index in [2.05, 4.69) is 54.0 Å². The number of hydrogen-bond acceptors (Lipinski definition) is 6. The third kappa shape index (κ3) is 5.17. The number of rotatable bonds is 5. The van der Waals surface area contributed by atoms with Crippen LogP contribution in [-0.2, 0) is 6.54 Å². The molecule has 1 N–H and O–H groups in total. The third-order valence-electron chi connectivity index (χ3n) is 5.65. The lowest BCUT2D eigenvalue weighted by molar-refractivity contribution is 0.370. The number of pyridine rings is 1. The van der Waals surface area contributed by atoms with Crippen LogP contribution in [0.4, 0.5) is 11.8 Å². The Bertz CT molecular complexity index is 811. The Hall–Kier alpha value is -2.90. The molecule has 8 nitrogen and oxygen atoms in total. The average Bonchev–Trinajstić information content (AvgIpc) is 2.83. The van der Waals surface area contributed by atoms with Gasteiger partial charge in [0.25, 0.3) is 0 Å². The van der Waals surface area contributed by atoms with E-state index < -0.39 is 0 Å². The molecule has 2 fully saturated rings. The fourth-order valence-corrected chi connectivity index (χ4v) is 4.02. The molecular weight excluding hydrogens is 376 g/mol. The van der Waals surface area contributed by atoms with Crippen LogP contribution in [0.2, 0.25) is 0 Å². The van der Waals surface area contributed by atoms with Crippen molar-refractivity contribution in [1.29, 1.82) is 0 Å². The summed E-state index contributed by atoms with van der Waals surface area (Å²) in [6.07, 6.45) is 9.36. The normalized spacial score (nSPS) is 17.9. The summed E-state index contributed by atoms with van der Waals surface area (Å²) >= 11 is 0. The quantitative estimate of drug-likeness (QED) is 0.600. The van der Waals surface area contributed by atoms with E-state index in [-0.39, 0.29) is 0 Å². The van der Waals surface area contributed by atoms with Crippen molar-refractivity contribution in [2.24, 2.45) is 4.99 Å². The second-order valence-electron chi connectivity index (χ2n) is 7.76. The fourth-order valence-electron chi connectivity index (χ4n) is 4.02. The summed E-state index contributed by atoms with van der Waals surface area (Å²) in [6, 6.07) is 6.12. The topological polar surface area (TPSA) is 72.8 Å². The lowest BCUT2D eigenvalue weighted by atomic mass is 10.1. The Balaban J connectivity index is 1.38. The summed E-state index contributed by atoms with van der Waals surface area (Å²) in [4.78, 5) is 25.2. The molecular formula is C22H32N8. The molecule has 160 valence electrons. The molecule has 0 amide bonds. The van der Waals surface area contributed by atoms with Gasteiger partial charge in [0.05, 0.1) is 6.54 Å². The predicted octanol–water partition coefficient (Wildman–Crippen LogP) is 2.15. The molecule has 2 aromatic rings. The lowest BCUT2D eigenvalue weighted by Gasteiger charge is -2.36. The predicted molar refractivity (Wildman–Crippen MR) is 121 cm³/mol. The van der Waals surface area contributed by atoms with Crippen molar-refractivity contribution in [2.75, 3.05) is 55.6 Å². The first-order valence-corrected chi connectivity index (χ1v) is 11.1. The Morgan fingerprint density at radius 2 is 1.70 bits per heavy atom. The Labute approximate surface area is 179 Å². The third-order valence-corrected chi connectivity index (χ3v) is 5.65. The number of hydrogen-bond donors (Lipinski definition) is 1. The largest absolute Gasteiger partial charge is 0.357 e. The zero-order valence-electron chi connectivity index (χ0n) is 17.9. The molecule has 0 unspecified atom stereocenters. The maximum Gasteiger partial charge on any atom is 0.225 e. The minimum atomic E-state index is 0.660. The van der Waals surface area contributed by atoms with E-state index >= 15 is 0 Å². The van der Waals surface area contributed by atoms with Crippen molar-refractivity contribution in [1.82, 2.24) is 25.2 Å². The molecule has 0 bridgehead atoms. The van der Waals surface area contributed by atoms with Crippen molar-refractivity contribution >= 4 is 17.7 Å². The summed E-state index contributed by atoms with van der Waals surface area (Å²) in [6.45, 7) is 9.44. The highest BCUT2D eigenvalue weighted by Gasteiger charge is 2.21. The van der Waals surface area contributed by atoms with Crippen molar-refractivity contribution in [2.45, 2.75) is 32.7 Å². The van der Waals surface area contributed by atoms with Crippen LogP contribution in [0.3, 0.4) is 0 Å². The average molecular weight is 409 g/mol. The summed E-state index contributed by atoms with van der Waals surface area (Å²) in [5.74, 6) is 2.87. The molecule has 2 aliphatic rings. The monoisotopic (exact) mass is 408 g/mol. The van der Waals surface area contributed by atoms with Gasteiger partial charge in [0, 0.05) is 64.4 Å². The highest BCUT2D eigenvalue weighted by Crippen LogP contribution is 2.19. The zero-order chi connectivity index (χ0) is 20.6. The van der Waals surface area contributed by atoms with E-state index in [0.717, 1.165) is 63.5 Å². The first kappa shape index (κ1) is 20.4. The minimum absolute atomic E-state index is 0.660. The van der Waals surface area contributed by atoms with Crippen molar-refractivity contribution in [3.8, 4) is 0 Å². The first-order chi connectivity index (χ1) is 14.8. The Morgan fingerprint density at radius 1 is 0.933 bits per heavy atom. The van der Waals surface area contributed by atoms with Gasteiger partial charge in [-0.25, -0.2) is 19.9 Å². The number of nitrogens with zero attached hydrogens (tertiary/aromatic N) is 7. The van der Waals surface area contributed by atoms with Crippen LogP contribution in [0.5, 0.6) is 0 Å². The van der Waals surface area contributed by atoms with Crippen LogP contribution in [0.1, 0.15) is 31.7 Å². The second kappa shape index (κ2) is 10.2. The summed E-state index contributed by atoms with van der Waals surface area (Å²) < 4.78 is 0. The number of aromatic nitrogens is 3. The highest BCUT2D eigenvalue weighted by molar-refractivity contribution is 5.80. The molecule has 8 heteroatoms. The highest BCUT2D eigenvalue weighted by atomic mass is 15.4. The van der Waals surface area contributed by atoms with Gasteiger partial charge in [-0.2, -0.15) is 0 Å². The van der Waals surface area contributed by atoms with Crippen LogP contribution < -0.4 is 15.1 Å². The van der Waals surface area contributed by atoms with E-state index in [0.29, 0.717) is 6.54 Å². The molecule has 0 radical (unpaired) electrons. The van der Waals surface area contributed by atoms with Crippen molar-refractivity contribution in [3.05, 3.63) is 42.4 Å².